The van der Waals surface area contributed by atoms with Crippen LogP contribution in [0.15, 0.2) is 0 Å². The molecule has 1 unspecified atom stereocenters. The molecule has 0 aromatic carbocycles. The number of carbonyl (C=O) groups is 1. The van der Waals surface area contributed by atoms with Gasteiger partial charge in [-0.05, 0) is 13.0 Å². The van der Waals surface area contributed by atoms with Crippen LogP contribution >= 0.6 is 0 Å². The highest BCUT2D eigenvalue weighted by molar-refractivity contribution is 6.76. The van der Waals surface area contributed by atoms with Crippen molar-refractivity contribution in [3.63, 3.8) is 0 Å². The van der Waals surface area contributed by atoms with E-state index in [1.54, 1.807) is 6.92 Å². The molecule has 0 aliphatic rings. The number of esters is 1. The van der Waals surface area contributed by atoms with Crippen LogP contribution in [0, 0.1) is 0 Å². The van der Waals surface area contributed by atoms with Crippen LogP contribution in [0.4, 0.5) is 0 Å². The monoisotopic (exact) mass is 189 g/mol. The van der Waals surface area contributed by atoms with Crippen molar-refractivity contribution in [3.8, 4) is 0 Å². The Morgan fingerprint density at radius 2 is 2.00 bits per heavy atom. The number of hydrogen-bond acceptors (Lipinski definition) is 3. The van der Waals surface area contributed by atoms with Crippen LogP contribution in [0.2, 0.25) is 25.7 Å². The zero-order valence-corrected chi connectivity index (χ0v) is 9.39. The van der Waals surface area contributed by atoms with E-state index in [0.29, 0.717) is 6.61 Å². The molecule has 0 spiro atoms. The summed E-state index contributed by atoms with van der Waals surface area (Å²) in [5, 5.41) is 0. The van der Waals surface area contributed by atoms with Crippen molar-refractivity contribution >= 4 is 14.0 Å². The average molecular weight is 189 g/mol. The predicted octanol–water partition coefficient (Wildman–Crippen LogP) is 1.21. The molecule has 0 fully saturated rings. The van der Waals surface area contributed by atoms with Crippen molar-refractivity contribution in [3.05, 3.63) is 0 Å². The third kappa shape index (κ3) is 6.36. The maximum atomic E-state index is 10.9. The van der Waals surface area contributed by atoms with Crippen LogP contribution in [-0.4, -0.2) is 26.7 Å². The van der Waals surface area contributed by atoms with E-state index < -0.39 is 14.1 Å². The fraction of sp³-hybridized carbons (Fsp3) is 0.875. The van der Waals surface area contributed by atoms with Crippen molar-refractivity contribution in [2.24, 2.45) is 5.73 Å². The molecule has 4 heteroatoms. The first-order valence-electron chi connectivity index (χ1n) is 4.25. The standard InChI is InChI=1S/C8H19NO2Si/c1-7(9)8(10)11-5-6-12(2,3)4/h7H,5-6,9H2,1-4H3. The van der Waals surface area contributed by atoms with Crippen LogP contribution in [0.25, 0.3) is 0 Å². The summed E-state index contributed by atoms with van der Waals surface area (Å²) in [6, 6.07) is 0.512. The smallest absolute Gasteiger partial charge is 0.322 e. The molecule has 2 N–H and O–H groups in total. The Balaban J connectivity index is 3.51. The second-order valence-corrected chi connectivity index (χ2v) is 9.89. The van der Waals surface area contributed by atoms with Gasteiger partial charge in [0.25, 0.3) is 0 Å². The van der Waals surface area contributed by atoms with E-state index in [0.717, 1.165) is 6.04 Å². The van der Waals surface area contributed by atoms with Gasteiger partial charge in [0.05, 0.1) is 6.61 Å². The zero-order chi connectivity index (χ0) is 9.78. The molecule has 0 amide bonds. The largest absolute Gasteiger partial charge is 0.465 e. The van der Waals surface area contributed by atoms with Gasteiger partial charge in [-0.1, -0.05) is 19.6 Å². The van der Waals surface area contributed by atoms with Crippen molar-refractivity contribution in [2.45, 2.75) is 38.7 Å². The van der Waals surface area contributed by atoms with Gasteiger partial charge in [0, 0.05) is 8.07 Å². The van der Waals surface area contributed by atoms with Gasteiger partial charge in [0.15, 0.2) is 0 Å². The summed E-state index contributed by atoms with van der Waals surface area (Å²) in [6.45, 7) is 8.89. The lowest BCUT2D eigenvalue weighted by Gasteiger charge is -2.15. The Morgan fingerprint density at radius 3 is 2.33 bits per heavy atom. The molecule has 0 bridgehead atoms. The topological polar surface area (TPSA) is 52.3 Å². The van der Waals surface area contributed by atoms with Gasteiger partial charge in [-0.3, -0.25) is 4.79 Å². The molecule has 0 heterocycles. The fourth-order valence-corrected chi connectivity index (χ4v) is 1.30. The quantitative estimate of drug-likeness (QED) is 0.534. The molecule has 3 nitrogen and oxygen atoms in total. The van der Waals surface area contributed by atoms with Gasteiger partial charge in [0.2, 0.25) is 0 Å². The molecular formula is C8H19NO2Si. The van der Waals surface area contributed by atoms with Gasteiger partial charge in [-0.15, -0.1) is 0 Å². The number of rotatable bonds is 4. The highest BCUT2D eigenvalue weighted by Gasteiger charge is 2.14. The second-order valence-electron chi connectivity index (χ2n) is 4.27. The molecular weight excluding hydrogens is 170 g/mol. The van der Waals surface area contributed by atoms with Gasteiger partial charge in [-0.2, -0.15) is 0 Å². The molecule has 0 aliphatic carbocycles. The average Bonchev–Trinajstić information content (AvgIpc) is 1.84. The number of carbonyl (C=O) groups excluding carboxylic acids is 1. The summed E-state index contributed by atoms with van der Waals surface area (Å²) in [4.78, 5) is 10.9. The van der Waals surface area contributed by atoms with Gasteiger partial charge in [0.1, 0.15) is 6.04 Å². The van der Waals surface area contributed by atoms with E-state index in [2.05, 4.69) is 19.6 Å². The third-order valence-corrected chi connectivity index (χ3v) is 3.17. The first-order valence-corrected chi connectivity index (χ1v) is 7.96. The molecule has 72 valence electrons. The predicted molar refractivity (Wildman–Crippen MR) is 52.8 cm³/mol. The van der Waals surface area contributed by atoms with Crippen LogP contribution < -0.4 is 5.73 Å². The number of ether oxygens (including phenoxy) is 1. The van der Waals surface area contributed by atoms with Crippen LogP contribution in [-0.2, 0) is 9.53 Å². The maximum Gasteiger partial charge on any atom is 0.322 e. The first kappa shape index (κ1) is 11.6. The Labute approximate surface area is 75.3 Å². The van der Waals surface area contributed by atoms with Gasteiger partial charge < -0.3 is 10.5 Å². The zero-order valence-electron chi connectivity index (χ0n) is 8.39. The third-order valence-electron chi connectivity index (χ3n) is 1.47. The van der Waals surface area contributed by atoms with Gasteiger partial charge >= 0.3 is 5.97 Å². The maximum absolute atomic E-state index is 10.9. The van der Waals surface area contributed by atoms with Crippen molar-refractivity contribution in [1.29, 1.82) is 0 Å². The Morgan fingerprint density at radius 1 is 1.50 bits per heavy atom. The minimum atomic E-state index is -1.08. The summed E-state index contributed by atoms with van der Waals surface area (Å²) < 4.78 is 4.95. The normalized spacial score (nSPS) is 14.1. The van der Waals surface area contributed by atoms with E-state index in [4.69, 9.17) is 10.5 Å². The highest BCUT2D eigenvalue weighted by atomic mass is 28.3. The molecule has 0 aromatic rings. The molecule has 0 aromatic heterocycles. The minimum absolute atomic E-state index is 0.298. The molecule has 0 radical (unpaired) electrons. The molecule has 0 saturated carbocycles. The first-order chi connectivity index (χ1) is 5.33. The summed E-state index contributed by atoms with van der Waals surface area (Å²) in [5.74, 6) is -0.298. The number of nitrogens with two attached hydrogens (primary N) is 1. The lowest BCUT2D eigenvalue weighted by atomic mass is 10.4. The second kappa shape index (κ2) is 4.62. The van der Waals surface area contributed by atoms with E-state index in [-0.39, 0.29) is 5.97 Å². The van der Waals surface area contributed by atoms with Crippen LogP contribution in [0.5, 0.6) is 0 Å². The molecule has 12 heavy (non-hydrogen) atoms. The highest BCUT2D eigenvalue weighted by Crippen LogP contribution is 2.07. The van der Waals surface area contributed by atoms with Crippen molar-refractivity contribution in [1.82, 2.24) is 0 Å². The Bertz CT molecular complexity index is 152. The van der Waals surface area contributed by atoms with E-state index in [1.807, 2.05) is 0 Å². The van der Waals surface area contributed by atoms with Crippen molar-refractivity contribution in [2.75, 3.05) is 6.61 Å². The molecule has 0 saturated heterocycles. The Kier molecular flexibility index (Phi) is 4.48. The molecule has 1 atom stereocenters. The van der Waals surface area contributed by atoms with Gasteiger partial charge in [-0.25, -0.2) is 0 Å². The summed E-state index contributed by atoms with van der Waals surface area (Å²) in [7, 11) is -1.08. The Hall–Kier alpha value is -0.353. The van der Waals surface area contributed by atoms with E-state index in [9.17, 15) is 4.79 Å². The SMILES string of the molecule is CC(N)C(=O)OCC[Si](C)(C)C. The molecule has 0 aliphatic heterocycles. The van der Waals surface area contributed by atoms with Crippen LogP contribution in [0.3, 0.4) is 0 Å². The minimum Gasteiger partial charge on any atom is -0.465 e. The lowest BCUT2D eigenvalue weighted by Crippen LogP contribution is -2.30. The fourth-order valence-electron chi connectivity index (χ4n) is 0.589. The van der Waals surface area contributed by atoms with Crippen LogP contribution in [0.1, 0.15) is 6.92 Å². The molecule has 0 rings (SSSR count). The summed E-state index contributed by atoms with van der Waals surface area (Å²) in [5.41, 5.74) is 5.32. The lowest BCUT2D eigenvalue weighted by molar-refractivity contribution is -0.144. The van der Waals surface area contributed by atoms with E-state index in [1.165, 1.54) is 0 Å². The van der Waals surface area contributed by atoms with Crippen molar-refractivity contribution < 1.29 is 9.53 Å². The number of hydrogen-bond donors (Lipinski definition) is 1. The summed E-state index contributed by atoms with van der Waals surface area (Å²) in [6.07, 6.45) is 0. The van der Waals surface area contributed by atoms with E-state index >= 15 is 0 Å². The summed E-state index contributed by atoms with van der Waals surface area (Å²) >= 11 is 0.